The van der Waals surface area contributed by atoms with Crippen molar-refractivity contribution in [1.29, 1.82) is 0 Å². The average molecular weight is 421 g/mol. The molecule has 1 saturated carbocycles. The number of carbonyl (C=O) groups is 1. The molecule has 0 N–H and O–H groups in total. The maximum absolute atomic E-state index is 13.2. The second kappa shape index (κ2) is 7.79. The maximum atomic E-state index is 13.2. The molecule has 0 unspecified atom stereocenters. The highest BCUT2D eigenvalue weighted by Gasteiger charge is 2.34. The number of anilines is 1. The van der Waals surface area contributed by atoms with Crippen molar-refractivity contribution in [2.24, 2.45) is 0 Å². The fourth-order valence-corrected chi connectivity index (χ4v) is 4.15. The van der Waals surface area contributed by atoms with Crippen LogP contribution in [-0.2, 0) is 6.54 Å². The standard InChI is InChI=1S/C22H28N8O/c1-15(2)30-14-24-26-21(30)18-5-4-6-20(25-18)29-10-9-28(22(29)31)16(3)11-27-12-19(23-13-27)17-7-8-17/h4-6,12-17H,7-11H2,1-3H3/t16-/m1/s1. The summed E-state index contributed by atoms with van der Waals surface area (Å²) >= 11 is 0. The van der Waals surface area contributed by atoms with E-state index in [2.05, 4.69) is 46.7 Å². The van der Waals surface area contributed by atoms with E-state index < -0.39 is 0 Å². The number of rotatable bonds is 7. The zero-order chi connectivity index (χ0) is 21.5. The molecule has 3 aromatic rings. The molecule has 31 heavy (non-hydrogen) atoms. The fourth-order valence-electron chi connectivity index (χ4n) is 4.15. The molecule has 0 spiro atoms. The summed E-state index contributed by atoms with van der Waals surface area (Å²) in [5.74, 6) is 2.00. The van der Waals surface area contributed by atoms with E-state index in [1.165, 1.54) is 18.5 Å². The van der Waals surface area contributed by atoms with Crippen molar-refractivity contribution in [1.82, 2.24) is 34.2 Å². The summed E-state index contributed by atoms with van der Waals surface area (Å²) < 4.78 is 4.08. The molecule has 0 radical (unpaired) electrons. The van der Waals surface area contributed by atoms with Crippen LogP contribution < -0.4 is 4.90 Å². The van der Waals surface area contributed by atoms with Gasteiger partial charge in [-0.15, -0.1) is 10.2 Å². The minimum absolute atomic E-state index is 0.00925. The summed E-state index contributed by atoms with van der Waals surface area (Å²) in [4.78, 5) is 26.1. The van der Waals surface area contributed by atoms with E-state index in [0.717, 1.165) is 6.54 Å². The number of hydrogen-bond donors (Lipinski definition) is 0. The predicted octanol–water partition coefficient (Wildman–Crippen LogP) is 3.33. The van der Waals surface area contributed by atoms with Crippen LogP contribution in [0.25, 0.3) is 11.5 Å². The first kappa shape index (κ1) is 19.7. The van der Waals surface area contributed by atoms with Crippen LogP contribution in [0, 0.1) is 0 Å². The Morgan fingerprint density at radius 2 is 1.97 bits per heavy atom. The van der Waals surface area contributed by atoms with Crippen molar-refractivity contribution in [2.75, 3.05) is 18.0 Å². The zero-order valence-corrected chi connectivity index (χ0v) is 18.2. The highest BCUT2D eigenvalue weighted by molar-refractivity contribution is 5.93. The van der Waals surface area contributed by atoms with Gasteiger partial charge in [0.1, 0.15) is 17.8 Å². The highest BCUT2D eigenvalue weighted by Crippen LogP contribution is 2.38. The Morgan fingerprint density at radius 1 is 1.13 bits per heavy atom. The molecule has 2 fully saturated rings. The molecule has 3 aromatic heterocycles. The van der Waals surface area contributed by atoms with Crippen LogP contribution in [0.1, 0.15) is 51.3 Å². The van der Waals surface area contributed by atoms with Gasteiger partial charge in [-0.25, -0.2) is 14.8 Å². The van der Waals surface area contributed by atoms with Gasteiger partial charge >= 0.3 is 6.03 Å². The summed E-state index contributed by atoms with van der Waals surface area (Å²) in [6.45, 7) is 8.28. The summed E-state index contributed by atoms with van der Waals surface area (Å²) in [6, 6.07) is 5.99. The lowest BCUT2D eigenvalue weighted by molar-refractivity contribution is 0.198. The Kier molecular flexibility index (Phi) is 4.95. The molecule has 1 aliphatic carbocycles. The molecule has 2 amide bonds. The smallest absolute Gasteiger partial charge is 0.326 e. The van der Waals surface area contributed by atoms with Crippen LogP contribution in [0.5, 0.6) is 0 Å². The third-order valence-corrected chi connectivity index (χ3v) is 6.07. The van der Waals surface area contributed by atoms with Gasteiger partial charge in [0.25, 0.3) is 0 Å². The number of nitrogens with zero attached hydrogens (tertiary/aromatic N) is 8. The topological polar surface area (TPSA) is 85.0 Å². The van der Waals surface area contributed by atoms with Crippen LogP contribution in [0.2, 0.25) is 0 Å². The second-order valence-electron chi connectivity index (χ2n) is 8.78. The number of pyridine rings is 1. The molecule has 9 heteroatoms. The first-order valence-electron chi connectivity index (χ1n) is 11.0. The van der Waals surface area contributed by atoms with Crippen LogP contribution in [0.4, 0.5) is 10.6 Å². The number of imidazole rings is 1. The van der Waals surface area contributed by atoms with Gasteiger partial charge < -0.3 is 14.0 Å². The zero-order valence-electron chi connectivity index (χ0n) is 18.2. The van der Waals surface area contributed by atoms with E-state index in [4.69, 9.17) is 4.98 Å². The molecule has 0 bridgehead atoms. The minimum atomic E-state index is -0.00925. The monoisotopic (exact) mass is 420 g/mol. The summed E-state index contributed by atoms with van der Waals surface area (Å²) in [5, 5.41) is 8.26. The lowest BCUT2D eigenvalue weighted by Gasteiger charge is -2.25. The summed E-state index contributed by atoms with van der Waals surface area (Å²) in [7, 11) is 0. The molecule has 1 aliphatic heterocycles. The molecule has 9 nitrogen and oxygen atoms in total. The SMILES string of the molecule is CC(C)n1cnnc1-c1cccc(N2CCN([C@H](C)Cn3cnc(C4CC4)c3)C2=O)n1. The normalized spacial score (nSPS) is 17.7. The highest BCUT2D eigenvalue weighted by atomic mass is 16.2. The number of urea groups is 1. The first-order chi connectivity index (χ1) is 15.0. The van der Waals surface area contributed by atoms with Crippen molar-refractivity contribution >= 4 is 11.8 Å². The second-order valence-corrected chi connectivity index (χ2v) is 8.78. The van der Waals surface area contributed by atoms with Crippen LogP contribution >= 0.6 is 0 Å². The van der Waals surface area contributed by atoms with Crippen molar-refractivity contribution < 1.29 is 4.79 Å². The van der Waals surface area contributed by atoms with E-state index >= 15 is 0 Å². The molecule has 5 rings (SSSR count). The lowest BCUT2D eigenvalue weighted by atomic mass is 10.3. The van der Waals surface area contributed by atoms with Crippen molar-refractivity contribution in [2.45, 2.75) is 58.2 Å². The van der Waals surface area contributed by atoms with Crippen molar-refractivity contribution in [3.63, 3.8) is 0 Å². The van der Waals surface area contributed by atoms with E-state index in [0.29, 0.717) is 36.3 Å². The number of aromatic nitrogens is 6. The van der Waals surface area contributed by atoms with Gasteiger partial charge in [-0.2, -0.15) is 0 Å². The summed E-state index contributed by atoms with van der Waals surface area (Å²) in [6.07, 6.45) is 8.21. The minimum Gasteiger partial charge on any atom is -0.335 e. The molecular weight excluding hydrogens is 392 g/mol. The molecule has 1 atom stereocenters. The average Bonchev–Trinajstić information content (AvgIpc) is 3.15. The van der Waals surface area contributed by atoms with E-state index in [9.17, 15) is 4.79 Å². The lowest BCUT2D eigenvalue weighted by Crippen LogP contribution is -2.40. The Balaban J connectivity index is 1.30. The van der Waals surface area contributed by atoms with Gasteiger partial charge in [-0.1, -0.05) is 6.07 Å². The molecule has 1 saturated heterocycles. The van der Waals surface area contributed by atoms with Crippen LogP contribution in [0.15, 0.2) is 37.1 Å². The van der Waals surface area contributed by atoms with Gasteiger partial charge in [-0.05, 0) is 45.7 Å². The predicted molar refractivity (Wildman–Crippen MR) is 117 cm³/mol. The van der Waals surface area contributed by atoms with Crippen molar-refractivity contribution in [3.05, 3.63) is 42.7 Å². The Hall–Kier alpha value is -3.23. The quantitative estimate of drug-likeness (QED) is 0.585. The third kappa shape index (κ3) is 3.80. The molecule has 0 aromatic carbocycles. The van der Waals surface area contributed by atoms with E-state index in [-0.39, 0.29) is 18.1 Å². The van der Waals surface area contributed by atoms with Crippen LogP contribution in [0.3, 0.4) is 0 Å². The Bertz CT molecular complexity index is 1080. The van der Waals surface area contributed by atoms with Gasteiger partial charge in [0, 0.05) is 43.8 Å². The summed E-state index contributed by atoms with van der Waals surface area (Å²) in [5.41, 5.74) is 1.89. The van der Waals surface area contributed by atoms with Crippen LogP contribution in [-0.4, -0.2) is 59.4 Å². The largest absolute Gasteiger partial charge is 0.335 e. The van der Waals surface area contributed by atoms with Gasteiger partial charge in [0.05, 0.1) is 12.0 Å². The van der Waals surface area contributed by atoms with Crippen molar-refractivity contribution in [3.8, 4) is 11.5 Å². The maximum Gasteiger partial charge on any atom is 0.326 e. The fraction of sp³-hybridized carbons (Fsp3) is 0.500. The number of carbonyl (C=O) groups excluding carboxylic acids is 1. The van der Waals surface area contributed by atoms with E-state index in [1.54, 1.807) is 11.2 Å². The van der Waals surface area contributed by atoms with Gasteiger partial charge in [-0.3, -0.25) is 4.90 Å². The Labute approximate surface area is 181 Å². The molecule has 4 heterocycles. The number of amides is 2. The third-order valence-electron chi connectivity index (χ3n) is 6.07. The van der Waals surface area contributed by atoms with Gasteiger partial charge in [0.15, 0.2) is 5.82 Å². The van der Waals surface area contributed by atoms with Gasteiger partial charge in [0.2, 0.25) is 0 Å². The first-order valence-corrected chi connectivity index (χ1v) is 11.0. The molecular formula is C22H28N8O. The molecule has 162 valence electrons. The Morgan fingerprint density at radius 3 is 2.74 bits per heavy atom. The van der Waals surface area contributed by atoms with E-state index in [1.807, 2.05) is 34.0 Å². The number of hydrogen-bond acceptors (Lipinski definition) is 5. The molecule has 2 aliphatic rings.